The highest BCUT2D eigenvalue weighted by Gasteiger charge is 2.18. The molecule has 0 spiro atoms. The van der Waals surface area contributed by atoms with E-state index in [9.17, 15) is 4.79 Å². The van der Waals surface area contributed by atoms with E-state index in [1.807, 2.05) is 54.7 Å². The summed E-state index contributed by atoms with van der Waals surface area (Å²) in [5.41, 5.74) is 4.17. The average molecular weight is 446 g/mol. The van der Waals surface area contributed by atoms with Crippen LogP contribution in [0.2, 0.25) is 0 Å². The van der Waals surface area contributed by atoms with Crippen molar-refractivity contribution in [2.75, 3.05) is 0 Å². The molecule has 154 valence electrons. The maximum atomic E-state index is 12.7. The van der Waals surface area contributed by atoms with Crippen molar-refractivity contribution in [2.45, 2.75) is 24.4 Å². The standard InChI is InChI=1S/C23H19N5OS2/c1-16-7-2-3-9-18(16)28-21(14-27-19-10-4-5-11-20(19)31-23(27)29)25-26-22(28)30-15-17-8-6-12-24-13-17/h2-13H,14-15H2,1H3. The van der Waals surface area contributed by atoms with Crippen LogP contribution in [0.4, 0.5) is 0 Å². The zero-order valence-corrected chi connectivity index (χ0v) is 18.4. The molecule has 0 saturated heterocycles. The third-order valence-corrected chi connectivity index (χ3v) is 6.98. The Morgan fingerprint density at radius 1 is 1.00 bits per heavy atom. The predicted octanol–water partition coefficient (Wildman–Crippen LogP) is 4.69. The minimum absolute atomic E-state index is 0.00472. The van der Waals surface area contributed by atoms with Crippen LogP contribution in [-0.4, -0.2) is 24.3 Å². The van der Waals surface area contributed by atoms with Crippen LogP contribution in [0.15, 0.2) is 83.0 Å². The molecule has 3 aromatic heterocycles. The molecule has 6 nitrogen and oxygen atoms in total. The highest BCUT2D eigenvalue weighted by molar-refractivity contribution is 7.98. The zero-order valence-electron chi connectivity index (χ0n) is 16.8. The highest BCUT2D eigenvalue weighted by atomic mass is 32.2. The topological polar surface area (TPSA) is 65.6 Å². The van der Waals surface area contributed by atoms with Crippen LogP contribution < -0.4 is 4.87 Å². The number of rotatable bonds is 6. The van der Waals surface area contributed by atoms with Gasteiger partial charge in [0.05, 0.1) is 22.4 Å². The van der Waals surface area contributed by atoms with Crippen molar-refractivity contribution in [1.29, 1.82) is 0 Å². The lowest BCUT2D eigenvalue weighted by Gasteiger charge is -2.13. The summed E-state index contributed by atoms with van der Waals surface area (Å²) in [6.07, 6.45) is 3.63. The van der Waals surface area contributed by atoms with E-state index in [4.69, 9.17) is 0 Å². The Bertz CT molecular complexity index is 1400. The molecule has 0 saturated carbocycles. The quantitative estimate of drug-likeness (QED) is 0.355. The summed E-state index contributed by atoms with van der Waals surface area (Å²) in [4.78, 5) is 16.9. The number of nitrogens with zero attached hydrogens (tertiary/aromatic N) is 5. The van der Waals surface area contributed by atoms with Crippen molar-refractivity contribution >= 4 is 33.3 Å². The summed E-state index contributed by atoms with van der Waals surface area (Å²) in [5.74, 6) is 1.47. The molecule has 31 heavy (non-hydrogen) atoms. The van der Waals surface area contributed by atoms with Crippen LogP contribution in [0.3, 0.4) is 0 Å². The first kappa shape index (κ1) is 19.7. The number of fused-ring (bicyclic) bond motifs is 1. The number of thioether (sulfide) groups is 1. The molecular weight excluding hydrogens is 426 g/mol. The molecule has 0 radical (unpaired) electrons. The van der Waals surface area contributed by atoms with Crippen molar-refractivity contribution < 1.29 is 0 Å². The molecular formula is C23H19N5OS2. The first-order valence-corrected chi connectivity index (χ1v) is 11.6. The minimum atomic E-state index is 0.00472. The average Bonchev–Trinajstić information content (AvgIpc) is 3.34. The molecule has 0 aliphatic rings. The van der Waals surface area contributed by atoms with Gasteiger partial charge in [0.15, 0.2) is 11.0 Å². The van der Waals surface area contributed by atoms with Gasteiger partial charge in [0, 0.05) is 18.1 Å². The van der Waals surface area contributed by atoms with Gasteiger partial charge in [-0.05, 0) is 42.3 Å². The second kappa shape index (κ2) is 8.49. The molecule has 8 heteroatoms. The molecule has 0 atom stereocenters. The van der Waals surface area contributed by atoms with E-state index in [0.717, 1.165) is 43.8 Å². The Morgan fingerprint density at radius 3 is 2.68 bits per heavy atom. The molecule has 0 unspecified atom stereocenters. The van der Waals surface area contributed by atoms with E-state index in [-0.39, 0.29) is 4.87 Å². The third-order valence-electron chi connectivity index (χ3n) is 5.02. The van der Waals surface area contributed by atoms with Crippen molar-refractivity contribution in [1.82, 2.24) is 24.3 Å². The highest BCUT2D eigenvalue weighted by Crippen LogP contribution is 2.27. The first-order chi connectivity index (χ1) is 15.2. The molecule has 0 amide bonds. The van der Waals surface area contributed by atoms with Crippen LogP contribution >= 0.6 is 23.1 Å². The largest absolute Gasteiger partial charge is 0.308 e. The second-order valence-electron chi connectivity index (χ2n) is 7.09. The van der Waals surface area contributed by atoms with Gasteiger partial charge in [-0.2, -0.15) is 0 Å². The zero-order chi connectivity index (χ0) is 21.2. The van der Waals surface area contributed by atoms with E-state index in [2.05, 4.69) is 38.8 Å². The number of pyridine rings is 1. The lowest BCUT2D eigenvalue weighted by molar-refractivity contribution is 0.724. The summed E-state index contributed by atoms with van der Waals surface area (Å²) < 4.78 is 4.81. The van der Waals surface area contributed by atoms with Crippen LogP contribution in [0.1, 0.15) is 17.0 Å². The summed E-state index contributed by atoms with van der Waals surface area (Å²) in [6.45, 7) is 2.43. The van der Waals surface area contributed by atoms with Gasteiger partial charge in [-0.3, -0.25) is 18.9 Å². The fourth-order valence-corrected chi connectivity index (χ4v) is 5.28. The summed E-state index contributed by atoms with van der Waals surface area (Å²) in [6, 6.07) is 20.0. The molecule has 0 N–H and O–H groups in total. The Labute approximate surface area is 187 Å². The molecule has 0 fully saturated rings. The Kier molecular flexibility index (Phi) is 5.40. The number of aromatic nitrogens is 5. The lowest BCUT2D eigenvalue weighted by atomic mass is 10.2. The Hall–Kier alpha value is -3.23. The van der Waals surface area contributed by atoms with E-state index < -0.39 is 0 Å². The van der Waals surface area contributed by atoms with E-state index in [1.165, 1.54) is 11.3 Å². The van der Waals surface area contributed by atoms with Gasteiger partial charge in [0.1, 0.15) is 0 Å². The first-order valence-electron chi connectivity index (χ1n) is 9.81. The van der Waals surface area contributed by atoms with E-state index >= 15 is 0 Å². The van der Waals surface area contributed by atoms with Gasteiger partial charge in [0.25, 0.3) is 0 Å². The predicted molar refractivity (Wildman–Crippen MR) is 125 cm³/mol. The normalized spacial score (nSPS) is 11.3. The number of benzene rings is 2. The summed E-state index contributed by atoms with van der Waals surface area (Å²) in [5, 5.41) is 9.76. The van der Waals surface area contributed by atoms with Crippen LogP contribution in [0, 0.1) is 6.92 Å². The van der Waals surface area contributed by atoms with Gasteiger partial charge >= 0.3 is 4.87 Å². The van der Waals surface area contributed by atoms with Crippen molar-refractivity contribution in [3.63, 3.8) is 0 Å². The fourth-order valence-electron chi connectivity index (χ4n) is 3.49. The van der Waals surface area contributed by atoms with Crippen molar-refractivity contribution in [3.05, 3.63) is 99.7 Å². The van der Waals surface area contributed by atoms with Crippen LogP contribution in [0.5, 0.6) is 0 Å². The monoisotopic (exact) mass is 445 g/mol. The molecule has 0 aliphatic heterocycles. The smallest absolute Gasteiger partial charge is 0.291 e. The summed E-state index contributed by atoms with van der Waals surface area (Å²) in [7, 11) is 0. The summed E-state index contributed by atoms with van der Waals surface area (Å²) >= 11 is 2.86. The van der Waals surface area contributed by atoms with E-state index in [1.54, 1.807) is 22.5 Å². The van der Waals surface area contributed by atoms with Gasteiger partial charge < -0.3 is 0 Å². The molecule has 3 heterocycles. The number of hydrogen-bond donors (Lipinski definition) is 0. The minimum Gasteiger partial charge on any atom is -0.291 e. The van der Waals surface area contributed by atoms with Gasteiger partial charge in [-0.15, -0.1) is 10.2 Å². The molecule has 0 aliphatic carbocycles. The van der Waals surface area contributed by atoms with Gasteiger partial charge in [-0.1, -0.05) is 59.5 Å². The van der Waals surface area contributed by atoms with Crippen molar-refractivity contribution in [3.8, 4) is 5.69 Å². The van der Waals surface area contributed by atoms with Crippen molar-refractivity contribution in [2.24, 2.45) is 0 Å². The van der Waals surface area contributed by atoms with Crippen LogP contribution in [-0.2, 0) is 12.3 Å². The Morgan fingerprint density at radius 2 is 1.84 bits per heavy atom. The number of thiazole rings is 1. The third kappa shape index (κ3) is 3.92. The fraction of sp³-hybridized carbons (Fsp3) is 0.130. The number of hydrogen-bond acceptors (Lipinski definition) is 6. The number of aryl methyl sites for hydroxylation is 1. The maximum Gasteiger partial charge on any atom is 0.308 e. The lowest BCUT2D eigenvalue weighted by Crippen LogP contribution is -2.17. The number of para-hydroxylation sites is 2. The Balaban J connectivity index is 1.57. The van der Waals surface area contributed by atoms with E-state index in [0.29, 0.717) is 6.54 Å². The van der Waals surface area contributed by atoms with Gasteiger partial charge in [-0.25, -0.2) is 0 Å². The second-order valence-corrected chi connectivity index (χ2v) is 9.03. The van der Waals surface area contributed by atoms with Crippen LogP contribution in [0.25, 0.3) is 15.9 Å². The molecule has 5 rings (SSSR count). The SMILES string of the molecule is Cc1ccccc1-n1c(Cn2c(=O)sc3ccccc32)nnc1SCc1cccnc1. The molecule has 2 aromatic carbocycles. The maximum absolute atomic E-state index is 12.7. The molecule has 5 aromatic rings. The van der Waals surface area contributed by atoms with Gasteiger partial charge in [0.2, 0.25) is 0 Å². The molecule has 0 bridgehead atoms.